The second-order valence-corrected chi connectivity index (χ2v) is 7.21. The van der Waals surface area contributed by atoms with E-state index in [-0.39, 0.29) is 17.9 Å². The van der Waals surface area contributed by atoms with E-state index in [9.17, 15) is 14.4 Å². The predicted molar refractivity (Wildman–Crippen MR) is 99.3 cm³/mol. The van der Waals surface area contributed by atoms with Crippen LogP contribution < -0.4 is 11.2 Å². The van der Waals surface area contributed by atoms with Crippen molar-refractivity contribution in [2.75, 3.05) is 39.5 Å². The van der Waals surface area contributed by atoms with Crippen molar-refractivity contribution in [2.45, 2.75) is 20.4 Å². The van der Waals surface area contributed by atoms with E-state index in [1.165, 1.54) is 7.05 Å². The van der Waals surface area contributed by atoms with Gasteiger partial charge in [0.1, 0.15) is 9.71 Å². The SMILES string of the molecule is CCOC(=O)c1sc2c(c1C)c(=O)n(C)c(=O)n2CCN1CCOCC1. The number of carbonyl (C=O) groups excluding carboxylic acids is 1. The molecule has 1 aliphatic rings. The third-order valence-electron chi connectivity index (χ3n) is 4.61. The molecular weight excluding hydrogens is 358 g/mol. The molecular formula is C17H23N3O5S. The van der Waals surface area contributed by atoms with Crippen LogP contribution in [0.5, 0.6) is 0 Å². The first kappa shape index (κ1) is 18.8. The van der Waals surface area contributed by atoms with Crippen LogP contribution in [0, 0.1) is 6.92 Å². The van der Waals surface area contributed by atoms with E-state index in [0.717, 1.165) is 29.0 Å². The van der Waals surface area contributed by atoms with Gasteiger partial charge in [0.2, 0.25) is 0 Å². The second kappa shape index (κ2) is 7.73. The Bertz CT molecular complexity index is 936. The van der Waals surface area contributed by atoms with Gasteiger partial charge in [-0.1, -0.05) is 0 Å². The summed E-state index contributed by atoms with van der Waals surface area (Å²) in [7, 11) is 1.47. The zero-order valence-electron chi connectivity index (χ0n) is 15.2. The number of thiophene rings is 1. The monoisotopic (exact) mass is 381 g/mol. The van der Waals surface area contributed by atoms with Crippen LogP contribution in [0.25, 0.3) is 10.2 Å². The van der Waals surface area contributed by atoms with Crippen LogP contribution >= 0.6 is 11.3 Å². The van der Waals surface area contributed by atoms with E-state index in [2.05, 4.69) is 4.90 Å². The number of esters is 1. The molecule has 26 heavy (non-hydrogen) atoms. The minimum absolute atomic E-state index is 0.258. The molecule has 3 heterocycles. The lowest BCUT2D eigenvalue weighted by Gasteiger charge is -2.26. The number of hydrogen-bond donors (Lipinski definition) is 0. The lowest BCUT2D eigenvalue weighted by atomic mass is 10.2. The van der Waals surface area contributed by atoms with Crippen LogP contribution in [-0.4, -0.2) is 59.5 Å². The summed E-state index contributed by atoms with van der Waals surface area (Å²) in [6, 6.07) is 0. The van der Waals surface area contributed by atoms with E-state index in [1.54, 1.807) is 18.4 Å². The lowest BCUT2D eigenvalue weighted by molar-refractivity contribution is 0.0363. The van der Waals surface area contributed by atoms with Crippen molar-refractivity contribution in [1.82, 2.24) is 14.0 Å². The fourth-order valence-electron chi connectivity index (χ4n) is 3.12. The average molecular weight is 381 g/mol. The summed E-state index contributed by atoms with van der Waals surface area (Å²) in [6.45, 7) is 7.86. The topological polar surface area (TPSA) is 82.8 Å². The summed E-state index contributed by atoms with van der Waals surface area (Å²) in [6.07, 6.45) is 0. The van der Waals surface area contributed by atoms with Crippen LogP contribution in [-0.2, 0) is 23.1 Å². The Morgan fingerprint density at radius 1 is 1.23 bits per heavy atom. The van der Waals surface area contributed by atoms with Crippen molar-refractivity contribution >= 4 is 27.5 Å². The smallest absolute Gasteiger partial charge is 0.348 e. The highest BCUT2D eigenvalue weighted by atomic mass is 32.1. The highest BCUT2D eigenvalue weighted by Gasteiger charge is 2.23. The molecule has 0 saturated carbocycles. The molecule has 0 aliphatic carbocycles. The highest BCUT2D eigenvalue weighted by Crippen LogP contribution is 2.28. The Morgan fingerprint density at radius 2 is 1.92 bits per heavy atom. The number of morpholine rings is 1. The molecule has 0 radical (unpaired) electrons. The van der Waals surface area contributed by atoms with Gasteiger partial charge in [0, 0.05) is 33.2 Å². The molecule has 2 aromatic rings. The second-order valence-electron chi connectivity index (χ2n) is 6.21. The minimum Gasteiger partial charge on any atom is -0.462 e. The quantitative estimate of drug-likeness (QED) is 0.705. The van der Waals surface area contributed by atoms with Crippen molar-refractivity contribution in [2.24, 2.45) is 7.05 Å². The molecule has 0 N–H and O–H groups in total. The average Bonchev–Trinajstić information content (AvgIpc) is 2.98. The largest absolute Gasteiger partial charge is 0.462 e. The van der Waals surface area contributed by atoms with Crippen molar-refractivity contribution < 1.29 is 14.3 Å². The van der Waals surface area contributed by atoms with Crippen molar-refractivity contribution in [3.63, 3.8) is 0 Å². The summed E-state index contributed by atoms with van der Waals surface area (Å²) >= 11 is 1.15. The summed E-state index contributed by atoms with van der Waals surface area (Å²) < 4.78 is 13.1. The Morgan fingerprint density at radius 3 is 2.58 bits per heavy atom. The summed E-state index contributed by atoms with van der Waals surface area (Å²) in [5.74, 6) is -0.458. The molecule has 1 aliphatic heterocycles. The van der Waals surface area contributed by atoms with Crippen LogP contribution in [0.2, 0.25) is 0 Å². The molecule has 8 nitrogen and oxygen atoms in total. The first-order valence-electron chi connectivity index (χ1n) is 8.65. The molecule has 0 spiro atoms. The van der Waals surface area contributed by atoms with Crippen molar-refractivity contribution in [3.8, 4) is 0 Å². The fraction of sp³-hybridized carbons (Fsp3) is 0.588. The van der Waals surface area contributed by atoms with Gasteiger partial charge in [0.05, 0.1) is 25.2 Å². The van der Waals surface area contributed by atoms with Gasteiger partial charge in [-0.05, 0) is 19.4 Å². The van der Waals surface area contributed by atoms with Crippen LogP contribution in [0.15, 0.2) is 9.59 Å². The molecule has 1 fully saturated rings. The van der Waals surface area contributed by atoms with Crippen LogP contribution in [0.1, 0.15) is 22.2 Å². The molecule has 0 bridgehead atoms. The van der Waals surface area contributed by atoms with Gasteiger partial charge in [-0.2, -0.15) is 0 Å². The van der Waals surface area contributed by atoms with E-state index in [0.29, 0.717) is 47.0 Å². The molecule has 3 rings (SSSR count). The fourth-order valence-corrected chi connectivity index (χ4v) is 4.33. The minimum atomic E-state index is -0.458. The lowest BCUT2D eigenvalue weighted by Crippen LogP contribution is -2.42. The van der Waals surface area contributed by atoms with E-state index < -0.39 is 5.97 Å². The molecule has 142 valence electrons. The highest BCUT2D eigenvalue weighted by molar-refractivity contribution is 7.20. The Balaban J connectivity index is 2.06. The maximum atomic E-state index is 12.7. The van der Waals surface area contributed by atoms with Crippen molar-refractivity contribution in [1.29, 1.82) is 0 Å². The number of ether oxygens (including phenoxy) is 2. The van der Waals surface area contributed by atoms with Gasteiger partial charge in [0.15, 0.2) is 0 Å². The number of nitrogens with zero attached hydrogens (tertiary/aromatic N) is 3. The van der Waals surface area contributed by atoms with Gasteiger partial charge in [-0.25, -0.2) is 9.59 Å². The molecule has 0 aromatic carbocycles. The molecule has 0 atom stereocenters. The summed E-state index contributed by atoms with van der Waals surface area (Å²) in [4.78, 5) is 40.6. The maximum absolute atomic E-state index is 12.7. The number of rotatable bonds is 5. The van der Waals surface area contributed by atoms with E-state index in [1.807, 2.05) is 0 Å². The molecule has 0 unspecified atom stereocenters. The summed E-state index contributed by atoms with van der Waals surface area (Å²) in [5.41, 5.74) is -0.173. The van der Waals surface area contributed by atoms with E-state index in [4.69, 9.17) is 9.47 Å². The van der Waals surface area contributed by atoms with E-state index >= 15 is 0 Å². The van der Waals surface area contributed by atoms with Gasteiger partial charge in [-0.15, -0.1) is 11.3 Å². The molecule has 0 amide bonds. The van der Waals surface area contributed by atoms with Crippen LogP contribution in [0.3, 0.4) is 0 Å². The Labute approximate surface area is 154 Å². The zero-order valence-corrected chi connectivity index (χ0v) is 16.1. The maximum Gasteiger partial charge on any atom is 0.348 e. The Hall–Kier alpha value is -1.97. The first-order chi connectivity index (χ1) is 12.5. The third-order valence-corrected chi connectivity index (χ3v) is 5.91. The third kappa shape index (κ3) is 3.34. The van der Waals surface area contributed by atoms with Gasteiger partial charge < -0.3 is 9.47 Å². The number of carbonyl (C=O) groups is 1. The zero-order chi connectivity index (χ0) is 18.8. The van der Waals surface area contributed by atoms with Crippen molar-refractivity contribution in [3.05, 3.63) is 31.3 Å². The molecule has 9 heteroatoms. The number of fused-ring (bicyclic) bond motifs is 1. The standard InChI is InChI=1S/C17H23N3O5S/c1-4-25-16(22)13-11(2)12-14(21)18(3)17(23)20(15(12)26-13)6-5-19-7-9-24-10-8-19/h4-10H2,1-3H3. The van der Waals surface area contributed by atoms with Gasteiger partial charge in [-0.3, -0.25) is 18.8 Å². The number of aromatic nitrogens is 2. The van der Waals surface area contributed by atoms with Gasteiger partial charge in [0.25, 0.3) is 5.56 Å². The first-order valence-corrected chi connectivity index (χ1v) is 9.47. The molecule has 1 saturated heterocycles. The number of aryl methyl sites for hydroxylation is 1. The Kier molecular flexibility index (Phi) is 5.59. The normalized spacial score (nSPS) is 15.5. The van der Waals surface area contributed by atoms with Crippen LogP contribution in [0.4, 0.5) is 0 Å². The predicted octanol–water partition coefficient (Wildman–Crippen LogP) is 0.579. The van der Waals surface area contributed by atoms with Gasteiger partial charge >= 0.3 is 11.7 Å². The molecule has 2 aromatic heterocycles. The summed E-state index contributed by atoms with van der Waals surface area (Å²) in [5, 5.41) is 0.419. The number of hydrogen-bond acceptors (Lipinski definition) is 7.